The van der Waals surface area contributed by atoms with E-state index in [4.69, 9.17) is 4.74 Å². The molecule has 142 valence electrons. The quantitative estimate of drug-likeness (QED) is 0.671. The number of H-pyrrole nitrogens is 1. The number of carbonyl (C=O) groups excluding carboxylic acids is 1. The van der Waals surface area contributed by atoms with E-state index in [1.165, 1.54) is 11.7 Å². The molecule has 0 aliphatic rings. The number of aromatic amines is 1. The highest BCUT2D eigenvalue weighted by Gasteiger charge is 2.19. The van der Waals surface area contributed by atoms with Gasteiger partial charge in [-0.2, -0.15) is 0 Å². The lowest BCUT2D eigenvalue weighted by Gasteiger charge is -2.07. The fraction of sp³-hybridized carbons (Fsp3) is 0.368. The standard InChI is InChI=1S/C19H22N4O4/c1-4-6-11-23-16-14(17(24)21-19(23)26)22(5-2)15(20-16)12-7-9-13(10-8-12)18(25)27-3/h7-10H,4-6,11H2,1-3H3,(H,21,24,26). The number of methoxy groups -OCH3 is 1. The molecule has 3 aromatic rings. The van der Waals surface area contributed by atoms with Gasteiger partial charge in [-0.3, -0.25) is 14.3 Å². The smallest absolute Gasteiger partial charge is 0.337 e. The van der Waals surface area contributed by atoms with E-state index in [-0.39, 0.29) is 0 Å². The Bertz CT molecular complexity index is 1090. The van der Waals surface area contributed by atoms with Crippen LogP contribution in [-0.2, 0) is 17.8 Å². The van der Waals surface area contributed by atoms with Gasteiger partial charge in [0.05, 0.1) is 12.7 Å². The number of aryl methyl sites for hydroxylation is 2. The molecule has 8 heteroatoms. The Morgan fingerprint density at radius 3 is 2.44 bits per heavy atom. The third kappa shape index (κ3) is 3.30. The first-order chi connectivity index (χ1) is 13.0. The Balaban J connectivity index is 2.22. The van der Waals surface area contributed by atoms with Gasteiger partial charge in [0.25, 0.3) is 5.56 Å². The molecule has 0 saturated carbocycles. The summed E-state index contributed by atoms with van der Waals surface area (Å²) < 4.78 is 8.01. The second-order valence-corrected chi connectivity index (χ2v) is 6.19. The minimum atomic E-state index is -0.450. The predicted molar refractivity (Wildman–Crippen MR) is 102 cm³/mol. The second kappa shape index (κ2) is 7.61. The van der Waals surface area contributed by atoms with Crippen LogP contribution in [0.5, 0.6) is 0 Å². The summed E-state index contributed by atoms with van der Waals surface area (Å²) in [6.45, 7) is 4.95. The summed E-state index contributed by atoms with van der Waals surface area (Å²) in [7, 11) is 1.33. The first-order valence-corrected chi connectivity index (χ1v) is 8.93. The third-order valence-corrected chi connectivity index (χ3v) is 4.50. The van der Waals surface area contributed by atoms with Gasteiger partial charge in [-0.25, -0.2) is 14.6 Å². The molecule has 1 aromatic carbocycles. The van der Waals surface area contributed by atoms with Crippen LogP contribution in [0.4, 0.5) is 0 Å². The van der Waals surface area contributed by atoms with Gasteiger partial charge in [-0.1, -0.05) is 25.5 Å². The Labute approximate surface area is 155 Å². The maximum absolute atomic E-state index is 12.4. The highest BCUT2D eigenvalue weighted by atomic mass is 16.5. The zero-order chi connectivity index (χ0) is 19.6. The molecule has 0 spiro atoms. The number of unbranched alkanes of at least 4 members (excludes halogenated alkanes) is 1. The molecule has 1 N–H and O–H groups in total. The number of benzene rings is 1. The van der Waals surface area contributed by atoms with Crippen molar-refractivity contribution >= 4 is 17.1 Å². The summed E-state index contributed by atoms with van der Waals surface area (Å²) in [5, 5.41) is 0. The highest BCUT2D eigenvalue weighted by Crippen LogP contribution is 2.23. The summed E-state index contributed by atoms with van der Waals surface area (Å²) >= 11 is 0. The van der Waals surface area contributed by atoms with Crippen LogP contribution in [0.3, 0.4) is 0 Å². The van der Waals surface area contributed by atoms with E-state index in [9.17, 15) is 14.4 Å². The number of rotatable bonds is 6. The van der Waals surface area contributed by atoms with Gasteiger partial charge >= 0.3 is 11.7 Å². The van der Waals surface area contributed by atoms with Gasteiger partial charge in [-0.05, 0) is 25.5 Å². The zero-order valence-electron chi connectivity index (χ0n) is 15.6. The van der Waals surface area contributed by atoms with Gasteiger partial charge in [-0.15, -0.1) is 0 Å². The molecule has 8 nitrogen and oxygen atoms in total. The summed E-state index contributed by atoms with van der Waals surface area (Å²) in [6.07, 6.45) is 1.73. The molecule has 0 unspecified atom stereocenters. The molecule has 0 atom stereocenters. The van der Waals surface area contributed by atoms with Crippen molar-refractivity contribution in [2.24, 2.45) is 0 Å². The minimum Gasteiger partial charge on any atom is -0.465 e. The van der Waals surface area contributed by atoms with E-state index in [1.54, 1.807) is 28.8 Å². The topological polar surface area (TPSA) is 99.0 Å². The van der Waals surface area contributed by atoms with Crippen LogP contribution in [-0.4, -0.2) is 32.2 Å². The molecular weight excluding hydrogens is 348 g/mol. The molecule has 2 heterocycles. The van der Waals surface area contributed by atoms with Crippen LogP contribution in [0, 0.1) is 0 Å². The number of fused-ring (bicyclic) bond motifs is 1. The maximum Gasteiger partial charge on any atom is 0.337 e. The molecule has 0 aliphatic carbocycles. The number of nitrogens with zero attached hydrogens (tertiary/aromatic N) is 3. The lowest BCUT2D eigenvalue weighted by Crippen LogP contribution is -2.31. The molecule has 0 radical (unpaired) electrons. The van der Waals surface area contributed by atoms with Crippen LogP contribution in [0.1, 0.15) is 37.0 Å². The van der Waals surface area contributed by atoms with Crippen LogP contribution >= 0.6 is 0 Å². The molecule has 2 aromatic heterocycles. The number of ether oxygens (including phenoxy) is 1. The van der Waals surface area contributed by atoms with Crippen molar-refractivity contribution in [2.75, 3.05) is 7.11 Å². The Morgan fingerprint density at radius 1 is 1.15 bits per heavy atom. The van der Waals surface area contributed by atoms with Gasteiger partial charge in [0.15, 0.2) is 11.2 Å². The molecule has 0 fully saturated rings. The number of esters is 1. The van der Waals surface area contributed by atoms with Crippen molar-refractivity contribution in [2.45, 2.75) is 39.8 Å². The average Bonchev–Trinajstić information content (AvgIpc) is 3.07. The number of aromatic nitrogens is 4. The van der Waals surface area contributed by atoms with Crippen molar-refractivity contribution in [1.29, 1.82) is 0 Å². The molecule has 27 heavy (non-hydrogen) atoms. The molecule has 3 rings (SSSR count). The van der Waals surface area contributed by atoms with Crippen LogP contribution in [0.25, 0.3) is 22.6 Å². The normalized spacial score (nSPS) is 11.1. The number of carbonyl (C=O) groups is 1. The minimum absolute atomic E-state index is 0.375. The summed E-state index contributed by atoms with van der Waals surface area (Å²) in [4.78, 5) is 43.3. The fourth-order valence-electron chi connectivity index (χ4n) is 3.10. The van der Waals surface area contributed by atoms with E-state index in [0.717, 1.165) is 18.4 Å². The largest absolute Gasteiger partial charge is 0.465 e. The zero-order valence-corrected chi connectivity index (χ0v) is 15.6. The number of hydrogen-bond acceptors (Lipinski definition) is 5. The van der Waals surface area contributed by atoms with Crippen molar-refractivity contribution < 1.29 is 9.53 Å². The predicted octanol–water partition coefficient (Wildman–Crippen LogP) is 2.16. The Morgan fingerprint density at radius 2 is 1.85 bits per heavy atom. The van der Waals surface area contributed by atoms with E-state index in [0.29, 0.717) is 35.6 Å². The first kappa shape index (κ1) is 18.6. The summed E-state index contributed by atoms with van der Waals surface area (Å²) in [5.41, 5.74) is 1.03. The second-order valence-electron chi connectivity index (χ2n) is 6.19. The van der Waals surface area contributed by atoms with E-state index in [2.05, 4.69) is 9.97 Å². The monoisotopic (exact) mass is 370 g/mol. The lowest BCUT2D eigenvalue weighted by atomic mass is 10.1. The van der Waals surface area contributed by atoms with E-state index in [1.807, 2.05) is 13.8 Å². The third-order valence-electron chi connectivity index (χ3n) is 4.50. The van der Waals surface area contributed by atoms with Gasteiger partial charge in [0, 0.05) is 18.7 Å². The van der Waals surface area contributed by atoms with Crippen molar-refractivity contribution in [3.8, 4) is 11.4 Å². The van der Waals surface area contributed by atoms with Crippen molar-refractivity contribution in [3.63, 3.8) is 0 Å². The molecule has 0 saturated heterocycles. The Kier molecular flexibility index (Phi) is 5.25. The Hall–Kier alpha value is -3.16. The molecule has 0 aliphatic heterocycles. The first-order valence-electron chi connectivity index (χ1n) is 8.93. The van der Waals surface area contributed by atoms with Crippen LogP contribution < -0.4 is 11.2 Å². The van der Waals surface area contributed by atoms with Crippen LogP contribution in [0.15, 0.2) is 33.9 Å². The van der Waals surface area contributed by atoms with Crippen molar-refractivity contribution in [3.05, 3.63) is 50.7 Å². The van der Waals surface area contributed by atoms with Crippen LogP contribution in [0.2, 0.25) is 0 Å². The molecule has 0 bridgehead atoms. The van der Waals surface area contributed by atoms with E-state index < -0.39 is 17.2 Å². The highest BCUT2D eigenvalue weighted by molar-refractivity contribution is 5.90. The molecule has 0 amide bonds. The summed E-state index contributed by atoms with van der Waals surface area (Å²) in [5.74, 6) is 0.153. The van der Waals surface area contributed by atoms with Gasteiger partial charge < -0.3 is 9.30 Å². The van der Waals surface area contributed by atoms with Gasteiger partial charge in [0.1, 0.15) is 5.82 Å². The fourth-order valence-corrected chi connectivity index (χ4v) is 3.10. The number of imidazole rings is 1. The number of hydrogen-bond donors (Lipinski definition) is 1. The van der Waals surface area contributed by atoms with Gasteiger partial charge in [0.2, 0.25) is 0 Å². The van der Waals surface area contributed by atoms with Crippen molar-refractivity contribution in [1.82, 2.24) is 19.1 Å². The summed E-state index contributed by atoms with van der Waals surface area (Å²) in [6, 6.07) is 6.80. The molecular formula is C19H22N4O4. The SMILES string of the molecule is CCCCn1c(=O)[nH]c(=O)c2c1nc(-c1ccc(C(=O)OC)cc1)n2CC. The number of nitrogens with one attached hydrogen (secondary N) is 1. The lowest BCUT2D eigenvalue weighted by molar-refractivity contribution is 0.0601. The van der Waals surface area contributed by atoms with E-state index >= 15 is 0 Å². The maximum atomic E-state index is 12.4. The average molecular weight is 370 g/mol.